The van der Waals surface area contributed by atoms with Crippen molar-refractivity contribution in [2.75, 3.05) is 0 Å². The zero-order valence-electron chi connectivity index (χ0n) is 8.40. The molecule has 1 N–H and O–H groups in total. The molecule has 2 rings (SSSR count). The summed E-state index contributed by atoms with van der Waals surface area (Å²) < 4.78 is 14.4. The van der Waals surface area contributed by atoms with Crippen molar-refractivity contribution in [1.82, 2.24) is 0 Å². The molecule has 0 aliphatic heterocycles. The summed E-state index contributed by atoms with van der Waals surface area (Å²) in [6, 6.07) is 13.7. The van der Waals surface area contributed by atoms with Gasteiger partial charge in [-0.25, -0.2) is 4.39 Å². The van der Waals surface area contributed by atoms with Crippen LogP contribution in [0.5, 0.6) is 0 Å². The molecule has 82 valence electrons. The summed E-state index contributed by atoms with van der Waals surface area (Å²) >= 11 is 2.13. The van der Waals surface area contributed by atoms with Crippen LogP contribution in [-0.4, -0.2) is 5.11 Å². The number of rotatable bonds is 2. The number of halogens is 2. The van der Waals surface area contributed by atoms with Crippen molar-refractivity contribution < 1.29 is 9.50 Å². The monoisotopic (exact) mass is 328 g/mol. The van der Waals surface area contributed by atoms with Crippen molar-refractivity contribution in [3.8, 4) is 0 Å². The fraction of sp³-hybridized carbons (Fsp3) is 0.0769. The van der Waals surface area contributed by atoms with Gasteiger partial charge in [-0.2, -0.15) is 0 Å². The highest BCUT2D eigenvalue weighted by Gasteiger charge is 2.16. The molecule has 1 atom stereocenters. The fourth-order valence-corrected chi connectivity index (χ4v) is 2.24. The van der Waals surface area contributed by atoms with E-state index < -0.39 is 6.10 Å². The Bertz CT molecular complexity index is 453. The summed E-state index contributed by atoms with van der Waals surface area (Å²) in [4.78, 5) is 0. The highest BCUT2D eigenvalue weighted by atomic mass is 127. The third-order valence-electron chi connectivity index (χ3n) is 2.40. The first kappa shape index (κ1) is 11.5. The predicted molar refractivity (Wildman–Crippen MR) is 69.6 cm³/mol. The van der Waals surface area contributed by atoms with Crippen molar-refractivity contribution >= 4 is 22.6 Å². The van der Waals surface area contributed by atoms with Crippen LogP contribution in [0.3, 0.4) is 0 Å². The number of hydrogen-bond acceptors (Lipinski definition) is 1. The van der Waals surface area contributed by atoms with Crippen LogP contribution in [0.25, 0.3) is 0 Å². The number of aliphatic hydroxyl groups excluding tert-OH is 1. The highest BCUT2D eigenvalue weighted by molar-refractivity contribution is 14.1. The van der Waals surface area contributed by atoms with E-state index in [1.165, 1.54) is 6.07 Å². The van der Waals surface area contributed by atoms with Gasteiger partial charge in [-0.3, -0.25) is 0 Å². The molecule has 16 heavy (non-hydrogen) atoms. The zero-order chi connectivity index (χ0) is 11.5. The Morgan fingerprint density at radius 3 is 2.12 bits per heavy atom. The molecule has 0 saturated heterocycles. The van der Waals surface area contributed by atoms with Crippen LogP contribution in [-0.2, 0) is 0 Å². The van der Waals surface area contributed by atoms with E-state index in [4.69, 9.17) is 0 Å². The van der Waals surface area contributed by atoms with Crippen LogP contribution in [0.2, 0.25) is 0 Å². The van der Waals surface area contributed by atoms with Crippen LogP contribution < -0.4 is 0 Å². The second-order valence-electron chi connectivity index (χ2n) is 3.45. The Morgan fingerprint density at radius 1 is 0.938 bits per heavy atom. The second-order valence-corrected chi connectivity index (χ2v) is 4.61. The molecular formula is C13H10FIO. The molecule has 0 heterocycles. The van der Waals surface area contributed by atoms with E-state index in [9.17, 15) is 9.50 Å². The molecule has 2 aromatic rings. The third-order valence-corrected chi connectivity index (χ3v) is 3.38. The quantitative estimate of drug-likeness (QED) is 0.837. The van der Waals surface area contributed by atoms with Crippen LogP contribution in [0, 0.1) is 9.39 Å². The lowest BCUT2D eigenvalue weighted by Crippen LogP contribution is -2.04. The maximum atomic E-state index is 13.5. The molecule has 0 aromatic heterocycles. The van der Waals surface area contributed by atoms with Crippen LogP contribution in [0.15, 0.2) is 48.5 Å². The first-order valence-corrected chi connectivity index (χ1v) is 5.95. The Kier molecular flexibility index (Phi) is 3.56. The molecule has 0 saturated carbocycles. The van der Waals surface area contributed by atoms with E-state index in [0.717, 1.165) is 9.13 Å². The van der Waals surface area contributed by atoms with Gasteiger partial charge in [0.15, 0.2) is 0 Å². The minimum Gasteiger partial charge on any atom is -0.384 e. The lowest BCUT2D eigenvalue weighted by molar-refractivity contribution is 0.214. The fourth-order valence-electron chi connectivity index (χ4n) is 1.56. The molecule has 0 fully saturated rings. The van der Waals surface area contributed by atoms with Gasteiger partial charge < -0.3 is 5.11 Å². The van der Waals surface area contributed by atoms with Gasteiger partial charge in [-0.05, 0) is 40.3 Å². The second kappa shape index (κ2) is 4.93. The van der Waals surface area contributed by atoms with E-state index in [2.05, 4.69) is 22.6 Å². The predicted octanol–water partition coefficient (Wildman–Crippen LogP) is 3.51. The summed E-state index contributed by atoms with van der Waals surface area (Å²) in [5.74, 6) is -0.380. The Morgan fingerprint density at radius 2 is 1.50 bits per heavy atom. The van der Waals surface area contributed by atoms with Gasteiger partial charge in [-0.1, -0.05) is 36.4 Å². The van der Waals surface area contributed by atoms with Gasteiger partial charge in [-0.15, -0.1) is 0 Å². The SMILES string of the molecule is O[C@@H](c1ccccc1F)c1ccccc1I. The smallest absolute Gasteiger partial charge is 0.129 e. The normalized spacial score (nSPS) is 12.4. The molecule has 0 amide bonds. The maximum Gasteiger partial charge on any atom is 0.129 e. The minimum atomic E-state index is -0.908. The minimum absolute atomic E-state index is 0.312. The van der Waals surface area contributed by atoms with Crippen molar-refractivity contribution in [3.63, 3.8) is 0 Å². The highest BCUT2D eigenvalue weighted by Crippen LogP contribution is 2.27. The zero-order valence-corrected chi connectivity index (χ0v) is 10.6. The molecule has 0 spiro atoms. The average molecular weight is 328 g/mol. The van der Waals surface area contributed by atoms with Gasteiger partial charge in [0.1, 0.15) is 11.9 Å². The van der Waals surface area contributed by atoms with Crippen molar-refractivity contribution in [1.29, 1.82) is 0 Å². The Labute approximate surface area is 107 Å². The van der Waals surface area contributed by atoms with Crippen LogP contribution in [0.1, 0.15) is 17.2 Å². The van der Waals surface area contributed by atoms with E-state index in [1.54, 1.807) is 24.3 Å². The first-order chi connectivity index (χ1) is 7.70. The van der Waals surface area contributed by atoms with Gasteiger partial charge in [0.2, 0.25) is 0 Å². The lowest BCUT2D eigenvalue weighted by Gasteiger charge is -2.13. The first-order valence-electron chi connectivity index (χ1n) is 4.87. The maximum absolute atomic E-state index is 13.5. The van der Waals surface area contributed by atoms with Gasteiger partial charge in [0, 0.05) is 9.13 Å². The molecule has 3 heteroatoms. The van der Waals surface area contributed by atoms with E-state index >= 15 is 0 Å². The number of benzene rings is 2. The molecule has 0 radical (unpaired) electrons. The standard InChI is InChI=1S/C13H10FIO/c14-11-7-3-1-5-9(11)13(16)10-6-2-4-8-12(10)15/h1-8,13,16H/t13-/m0/s1. The summed E-state index contributed by atoms with van der Waals surface area (Å²) in [7, 11) is 0. The summed E-state index contributed by atoms with van der Waals surface area (Å²) in [6.07, 6.45) is -0.908. The van der Waals surface area contributed by atoms with Crippen molar-refractivity contribution in [2.24, 2.45) is 0 Å². The molecule has 0 unspecified atom stereocenters. The number of hydrogen-bond donors (Lipinski definition) is 1. The number of aliphatic hydroxyl groups is 1. The van der Waals surface area contributed by atoms with Gasteiger partial charge >= 0.3 is 0 Å². The summed E-state index contributed by atoms with van der Waals surface area (Å²) in [6.45, 7) is 0. The molecule has 0 aliphatic carbocycles. The lowest BCUT2D eigenvalue weighted by atomic mass is 10.0. The molecule has 2 aromatic carbocycles. The van der Waals surface area contributed by atoms with Crippen molar-refractivity contribution in [3.05, 3.63) is 69.0 Å². The van der Waals surface area contributed by atoms with Crippen LogP contribution >= 0.6 is 22.6 Å². The van der Waals surface area contributed by atoms with Crippen molar-refractivity contribution in [2.45, 2.75) is 6.10 Å². The van der Waals surface area contributed by atoms with Crippen LogP contribution in [0.4, 0.5) is 4.39 Å². The topological polar surface area (TPSA) is 20.2 Å². The largest absolute Gasteiger partial charge is 0.384 e. The van der Waals surface area contributed by atoms with E-state index in [0.29, 0.717) is 5.56 Å². The molecule has 0 aliphatic rings. The summed E-state index contributed by atoms with van der Waals surface area (Å²) in [5, 5.41) is 10.1. The molecule has 1 nitrogen and oxygen atoms in total. The summed E-state index contributed by atoms with van der Waals surface area (Å²) in [5.41, 5.74) is 1.04. The third kappa shape index (κ3) is 2.25. The van der Waals surface area contributed by atoms with E-state index in [1.807, 2.05) is 18.2 Å². The van der Waals surface area contributed by atoms with E-state index in [-0.39, 0.29) is 5.82 Å². The average Bonchev–Trinajstić information content (AvgIpc) is 2.29. The van der Waals surface area contributed by atoms with Gasteiger partial charge in [0.05, 0.1) is 0 Å². The van der Waals surface area contributed by atoms with Gasteiger partial charge in [0.25, 0.3) is 0 Å². The Hall–Kier alpha value is -0.940. The molecule has 0 bridgehead atoms. The molecular weight excluding hydrogens is 318 g/mol. The Balaban J connectivity index is 2.44.